The lowest BCUT2D eigenvalue weighted by Crippen LogP contribution is -1.98. The van der Waals surface area contributed by atoms with Gasteiger partial charge in [0.2, 0.25) is 0 Å². The van der Waals surface area contributed by atoms with Crippen LogP contribution in [0.25, 0.3) is 11.6 Å². The van der Waals surface area contributed by atoms with Gasteiger partial charge in [-0.3, -0.25) is 5.10 Å². The highest BCUT2D eigenvalue weighted by molar-refractivity contribution is 6.32. The fraction of sp³-hybridized carbons (Fsp3) is 0.214. The van der Waals surface area contributed by atoms with Crippen LogP contribution in [-0.4, -0.2) is 20.2 Å². The van der Waals surface area contributed by atoms with Gasteiger partial charge < -0.3 is 9.73 Å². The smallest absolute Gasteiger partial charge is 0.261 e. The minimum atomic E-state index is -0.0329. The molecule has 4 rings (SSSR count). The lowest BCUT2D eigenvalue weighted by molar-refractivity contribution is 0.586. The van der Waals surface area contributed by atoms with E-state index in [-0.39, 0.29) is 5.88 Å². The van der Waals surface area contributed by atoms with Crippen LogP contribution in [0.5, 0.6) is 0 Å². The number of halogens is 1. The minimum absolute atomic E-state index is 0.0329. The number of anilines is 2. The summed E-state index contributed by atoms with van der Waals surface area (Å²) in [6.45, 7) is 0. The van der Waals surface area contributed by atoms with Gasteiger partial charge >= 0.3 is 0 Å². The summed E-state index contributed by atoms with van der Waals surface area (Å²) in [6, 6.07) is 4.96. The van der Waals surface area contributed by atoms with Crippen molar-refractivity contribution in [2.75, 3.05) is 5.32 Å². The quantitative estimate of drug-likeness (QED) is 0.680. The molecule has 0 bridgehead atoms. The van der Waals surface area contributed by atoms with Gasteiger partial charge in [-0.2, -0.15) is 5.10 Å². The van der Waals surface area contributed by atoms with Crippen LogP contribution in [0.2, 0.25) is 5.02 Å². The summed E-state index contributed by atoms with van der Waals surface area (Å²) in [5.41, 5.74) is 1.10. The van der Waals surface area contributed by atoms with Crippen molar-refractivity contribution in [2.45, 2.75) is 18.8 Å². The van der Waals surface area contributed by atoms with E-state index in [1.807, 2.05) is 6.07 Å². The molecular weight excluding hydrogens is 320 g/mol. The Kier molecular flexibility index (Phi) is 3.30. The van der Waals surface area contributed by atoms with Crippen molar-refractivity contribution >= 4 is 29.1 Å². The fourth-order valence-corrected chi connectivity index (χ4v) is 2.33. The predicted octanol–water partition coefficient (Wildman–Crippen LogP) is 4.13. The molecule has 3 heterocycles. The van der Waals surface area contributed by atoms with Crippen molar-refractivity contribution in [3.8, 4) is 11.6 Å². The molecule has 0 amide bonds. The second kappa shape index (κ2) is 5.47. The molecule has 8 nitrogen and oxygen atoms in total. The number of nitrogens with zero attached hydrogens (tertiary/aromatic N) is 4. The molecule has 3 aromatic heterocycles. The van der Waals surface area contributed by atoms with Gasteiger partial charge in [0.05, 0.1) is 6.20 Å². The summed E-state index contributed by atoms with van der Waals surface area (Å²) in [4.78, 5) is 18.8. The summed E-state index contributed by atoms with van der Waals surface area (Å²) >= 11 is 6.12. The van der Waals surface area contributed by atoms with Crippen LogP contribution >= 0.6 is 11.6 Å². The Morgan fingerprint density at radius 1 is 1.39 bits per heavy atom. The maximum atomic E-state index is 10.4. The molecule has 1 saturated carbocycles. The minimum Gasteiger partial charge on any atom is -0.432 e. The maximum absolute atomic E-state index is 10.4. The average Bonchev–Trinajstić information content (AvgIpc) is 3.11. The second-order valence-corrected chi connectivity index (χ2v) is 5.63. The first-order valence-electron chi connectivity index (χ1n) is 7.01. The third kappa shape index (κ3) is 2.80. The molecule has 0 unspecified atom stereocenters. The molecule has 0 saturated heterocycles. The SMILES string of the molecule is O=Nc1ccc(-c2ncc(Cl)c(Nc3cc(C4CC4)[nH]n3)n2)o1. The number of hydrogen-bond acceptors (Lipinski definition) is 7. The summed E-state index contributed by atoms with van der Waals surface area (Å²) in [5.74, 6) is 2.21. The normalized spacial score (nSPS) is 14.0. The zero-order valence-corrected chi connectivity index (χ0v) is 12.5. The fourth-order valence-electron chi connectivity index (χ4n) is 2.20. The zero-order valence-electron chi connectivity index (χ0n) is 11.8. The van der Waals surface area contributed by atoms with E-state index in [1.165, 1.54) is 25.1 Å². The van der Waals surface area contributed by atoms with E-state index in [9.17, 15) is 4.91 Å². The molecule has 1 fully saturated rings. The van der Waals surface area contributed by atoms with Gasteiger partial charge in [-0.25, -0.2) is 9.97 Å². The number of hydrogen-bond donors (Lipinski definition) is 2. The number of nitrogens with one attached hydrogen (secondary N) is 2. The van der Waals surface area contributed by atoms with E-state index in [4.69, 9.17) is 16.0 Å². The lowest BCUT2D eigenvalue weighted by Gasteiger charge is -2.05. The molecular formula is C14H11ClN6O2. The molecule has 0 aliphatic heterocycles. The number of H-pyrrole nitrogens is 1. The summed E-state index contributed by atoms with van der Waals surface area (Å²) in [6.07, 6.45) is 3.83. The number of aromatic amines is 1. The van der Waals surface area contributed by atoms with Gasteiger partial charge in [0, 0.05) is 28.9 Å². The van der Waals surface area contributed by atoms with Crippen molar-refractivity contribution < 1.29 is 4.42 Å². The van der Waals surface area contributed by atoms with E-state index >= 15 is 0 Å². The topological polar surface area (TPSA) is 109 Å². The van der Waals surface area contributed by atoms with Crippen LogP contribution in [0.15, 0.2) is 34.0 Å². The van der Waals surface area contributed by atoms with Gasteiger partial charge in [0.25, 0.3) is 5.88 Å². The first-order chi connectivity index (χ1) is 11.2. The van der Waals surface area contributed by atoms with E-state index in [2.05, 4.69) is 30.7 Å². The van der Waals surface area contributed by atoms with E-state index in [0.29, 0.717) is 34.2 Å². The molecule has 23 heavy (non-hydrogen) atoms. The summed E-state index contributed by atoms with van der Waals surface area (Å²) in [7, 11) is 0. The van der Waals surface area contributed by atoms with Gasteiger partial charge in [0.15, 0.2) is 23.2 Å². The Morgan fingerprint density at radius 2 is 2.26 bits per heavy atom. The van der Waals surface area contributed by atoms with Crippen molar-refractivity contribution in [2.24, 2.45) is 5.18 Å². The second-order valence-electron chi connectivity index (χ2n) is 5.23. The molecule has 2 N–H and O–H groups in total. The number of nitroso groups, excluding NO2 is 1. The Bertz CT molecular complexity index is 870. The standard InChI is InChI=1S/C14H11ClN6O2/c15-8-6-16-14(10-3-4-12(21-22)23-10)18-13(8)17-11-5-9(19-20-11)7-1-2-7/h3-7H,1-2H2,(H2,16,17,18,19,20). The van der Waals surface area contributed by atoms with Crippen molar-refractivity contribution in [3.63, 3.8) is 0 Å². The van der Waals surface area contributed by atoms with Crippen LogP contribution in [0.3, 0.4) is 0 Å². The van der Waals surface area contributed by atoms with E-state index in [0.717, 1.165) is 5.69 Å². The van der Waals surface area contributed by atoms with Crippen LogP contribution in [-0.2, 0) is 0 Å². The van der Waals surface area contributed by atoms with Crippen LogP contribution in [0.4, 0.5) is 17.5 Å². The highest BCUT2D eigenvalue weighted by Crippen LogP contribution is 2.39. The third-order valence-electron chi connectivity index (χ3n) is 3.51. The predicted molar refractivity (Wildman–Crippen MR) is 84.0 cm³/mol. The lowest BCUT2D eigenvalue weighted by atomic mass is 10.3. The number of aromatic nitrogens is 4. The van der Waals surface area contributed by atoms with Crippen molar-refractivity contribution in [3.05, 3.63) is 40.0 Å². The van der Waals surface area contributed by atoms with Gasteiger partial charge in [0.1, 0.15) is 5.02 Å². The summed E-state index contributed by atoms with van der Waals surface area (Å²) in [5, 5.41) is 13.3. The summed E-state index contributed by atoms with van der Waals surface area (Å²) < 4.78 is 5.21. The van der Waals surface area contributed by atoms with E-state index in [1.54, 1.807) is 6.07 Å². The average molecular weight is 331 g/mol. The largest absolute Gasteiger partial charge is 0.432 e. The van der Waals surface area contributed by atoms with Crippen molar-refractivity contribution in [1.82, 2.24) is 20.2 Å². The maximum Gasteiger partial charge on any atom is 0.261 e. The van der Waals surface area contributed by atoms with Crippen LogP contribution < -0.4 is 5.32 Å². The number of furan rings is 1. The monoisotopic (exact) mass is 330 g/mol. The van der Waals surface area contributed by atoms with Crippen LogP contribution in [0.1, 0.15) is 24.5 Å². The van der Waals surface area contributed by atoms with Crippen LogP contribution in [0, 0.1) is 4.91 Å². The number of rotatable bonds is 5. The Hall–Kier alpha value is -2.74. The molecule has 9 heteroatoms. The molecule has 0 atom stereocenters. The Labute approximate surface area is 135 Å². The molecule has 0 spiro atoms. The molecule has 116 valence electrons. The first kappa shape index (κ1) is 13.9. The molecule has 0 aromatic carbocycles. The van der Waals surface area contributed by atoms with E-state index < -0.39 is 0 Å². The highest BCUT2D eigenvalue weighted by Gasteiger charge is 2.25. The molecule has 1 aliphatic carbocycles. The van der Waals surface area contributed by atoms with Crippen molar-refractivity contribution in [1.29, 1.82) is 0 Å². The third-order valence-corrected chi connectivity index (χ3v) is 3.78. The Morgan fingerprint density at radius 3 is 3.00 bits per heavy atom. The molecule has 0 radical (unpaired) electrons. The van der Waals surface area contributed by atoms with Gasteiger partial charge in [-0.15, -0.1) is 4.91 Å². The zero-order chi connectivity index (χ0) is 15.8. The van der Waals surface area contributed by atoms with Gasteiger partial charge in [-0.05, 0) is 18.9 Å². The van der Waals surface area contributed by atoms with Gasteiger partial charge in [-0.1, -0.05) is 11.6 Å². The highest BCUT2D eigenvalue weighted by atomic mass is 35.5. The first-order valence-corrected chi connectivity index (χ1v) is 7.39. The molecule has 3 aromatic rings. The molecule has 1 aliphatic rings. The Balaban J connectivity index is 1.61.